The lowest BCUT2D eigenvalue weighted by Crippen LogP contribution is -2.24. The highest BCUT2D eigenvalue weighted by atomic mass is 35.5. The topological polar surface area (TPSA) is 42.3 Å². The molecule has 1 aliphatic heterocycles. The molecule has 5 heteroatoms. The van der Waals surface area contributed by atoms with Crippen molar-refractivity contribution in [2.24, 2.45) is 7.05 Å². The largest absolute Gasteiger partial charge is 0.333 e. The zero-order valence-electron chi connectivity index (χ0n) is 9.50. The van der Waals surface area contributed by atoms with Crippen molar-refractivity contribution in [2.45, 2.75) is 26.9 Å². The third kappa shape index (κ3) is 1.45. The number of halogens is 1. The average molecular weight is 241 g/mol. The third-order valence-electron chi connectivity index (χ3n) is 3.16. The number of hydrogen-bond donors (Lipinski definition) is 0. The molecule has 0 atom stereocenters. The highest BCUT2D eigenvalue weighted by molar-refractivity contribution is 6.31. The van der Waals surface area contributed by atoms with Crippen LogP contribution in [0.2, 0.25) is 5.02 Å². The molecule has 0 spiro atoms. The molecule has 1 amide bonds. The lowest BCUT2D eigenvalue weighted by molar-refractivity contribution is -0.129. The van der Waals surface area contributed by atoms with Crippen LogP contribution in [0.3, 0.4) is 0 Å². The van der Waals surface area contributed by atoms with Gasteiger partial charge >= 0.3 is 0 Å². The fraction of sp³-hybridized carbons (Fsp3) is 0.455. The SMILES string of the molecule is CC(=O)N1Cc2c(C)c(Cl)c(=O)n(C)c2C1. The Morgan fingerprint density at radius 1 is 1.38 bits per heavy atom. The normalized spacial score (nSPS) is 14.1. The first-order chi connectivity index (χ1) is 7.43. The van der Waals surface area contributed by atoms with Gasteiger partial charge in [0, 0.05) is 26.2 Å². The summed E-state index contributed by atoms with van der Waals surface area (Å²) >= 11 is 5.96. The van der Waals surface area contributed by atoms with E-state index < -0.39 is 0 Å². The van der Waals surface area contributed by atoms with Crippen molar-refractivity contribution in [1.82, 2.24) is 9.47 Å². The molecule has 0 bridgehead atoms. The molecule has 0 fully saturated rings. The van der Waals surface area contributed by atoms with Gasteiger partial charge in [-0.1, -0.05) is 11.6 Å². The second kappa shape index (κ2) is 3.63. The molecule has 1 aromatic rings. The van der Waals surface area contributed by atoms with Crippen molar-refractivity contribution in [2.75, 3.05) is 0 Å². The maximum atomic E-state index is 11.8. The van der Waals surface area contributed by atoms with E-state index in [1.165, 1.54) is 11.5 Å². The third-order valence-corrected chi connectivity index (χ3v) is 3.61. The summed E-state index contributed by atoms with van der Waals surface area (Å²) in [6, 6.07) is 0. The van der Waals surface area contributed by atoms with Crippen LogP contribution in [-0.4, -0.2) is 15.4 Å². The molecule has 0 unspecified atom stereocenters. The van der Waals surface area contributed by atoms with Gasteiger partial charge in [0.15, 0.2) is 0 Å². The Morgan fingerprint density at radius 3 is 2.56 bits per heavy atom. The average Bonchev–Trinajstić information content (AvgIpc) is 2.68. The van der Waals surface area contributed by atoms with E-state index in [2.05, 4.69) is 0 Å². The summed E-state index contributed by atoms with van der Waals surface area (Å²) in [4.78, 5) is 24.8. The number of carbonyl (C=O) groups is 1. The Hall–Kier alpha value is -1.29. The number of hydrogen-bond acceptors (Lipinski definition) is 2. The maximum Gasteiger partial charge on any atom is 0.269 e. The quantitative estimate of drug-likeness (QED) is 0.684. The van der Waals surface area contributed by atoms with Gasteiger partial charge < -0.3 is 9.47 Å². The van der Waals surface area contributed by atoms with Crippen molar-refractivity contribution >= 4 is 17.5 Å². The predicted octanol–water partition coefficient (Wildman–Crippen LogP) is 1.21. The van der Waals surface area contributed by atoms with Crippen molar-refractivity contribution in [3.05, 3.63) is 32.2 Å². The minimum absolute atomic E-state index is 0.0131. The number of aromatic nitrogens is 1. The monoisotopic (exact) mass is 240 g/mol. The van der Waals surface area contributed by atoms with Gasteiger partial charge in [0.2, 0.25) is 5.91 Å². The first-order valence-corrected chi connectivity index (χ1v) is 5.43. The summed E-state index contributed by atoms with van der Waals surface area (Å²) in [6.07, 6.45) is 0. The predicted molar refractivity (Wildman–Crippen MR) is 61.4 cm³/mol. The Morgan fingerprint density at radius 2 is 2.00 bits per heavy atom. The minimum Gasteiger partial charge on any atom is -0.333 e. The highest BCUT2D eigenvalue weighted by Gasteiger charge is 2.26. The van der Waals surface area contributed by atoms with E-state index >= 15 is 0 Å². The van der Waals surface area contributed by atoms with Crippen LogP contribution < -0.4 is 5.56 Å². The molecule has 4 nitrogen and oxygen atoms in total. The smallest absolute Gasteiger partial charge is 0.269 e. The van der Waals surface area contributed by atoms with Gasteiger partial charge in [-0.3, -0.25) is 9.59 Å². The first-order valence-electron chi connectivity index (χ1n) is 5.05. The molecule has 86 valence electrons. The van der Waals surface area contributed by atoms with Crippen molar-refractivity contribution < 1.29 is 4.79 Å². The van der Waals surface area contributed by atoms with Gasteiger partial charge in [-0.05, 0) is 18.1 Å². The number of nitrogens with zero attached hydrogens (tertiary/aromatic N) is 2. The van der Waals surface area contributed by atoms with Crippen LogP contribution in [0.1, 0.15) is 23.7 Å². The van der Waals surface area contributed by atoms with E-state index in [0.717, 1.165) is 16.8 Å². The maximum absolute atomic E-state index is 11.8. The summed E-state index contributed by atoms with van der Waals surface area (Å²) < 4.78 is 1.54. The molecule has 0 saturated carbocycles. The molecule has 2 rings (SSSR count). The van der Waals surface area contributed by atoms with Crippen LogP contribution in [0.4, 0.5) is 0 Å². The summed E-state index contributed by atoms with van der Waals surface area (Å²) in [5, 5.41) is 0.256. The molecule has 16 heavy (non-hydrogen) atoms. The van der Waals surface area contributed by atoms with Gasteiger partial charge in [-0.25, -0.2) is 0 Å². The van der Waals surface area contributed by atoms with Crippen molar-refractivity contribution in [3.63, 3.8) is 0 Å². The van der Waals surface area contributed by atoms with E-state index in [4.69, 9.17) is 11.6 Å². The number of carbonyl (C=O) groups excluding carboxylic acids is 1. The number of amides is 1. The van der Waals surface area contributed by atoms with Crippen LogP contribution >= 0.6 is 11.6 Å². The first kappa shape index (κ1) is 11.2. The number of rotatable bonds is 0. The Bertz CT molecular complexity index is 534. The minimum atomic E-state index is -0.191. The number of pyridine rings is 1. The Labute approximate surface area is 98.4 Å². The standard InChI is InChI=1S/C11H13ClN2O2/c1-6-8-4-14(7(2)15)5-9(8)13(3)11(16)10(6)12/h4-5H2,1-3H3. The number of fused-ring (bicyclic) bond motifs is 1. The second-order valence-electron chi connectivity index (χ2n) is 4.10. The van der Waals surface area contributed by atoms with E-state index in [0.29, 0.717) is 13.1 Å². The van der Waals surface area contributed by atoms with Crippen molar-refractivity contribution in [3.8, 4) is 0 Å². The van der Waals surface area contributed by atoms with Crippen LogP contribution in [0, 0.1) is 6.92 Å². The molecular formula is C11H13ClN2O2. The zero-order chi connectivity index (χ0) is 12.0. The van der Waals surface area contributed by atoms with E-state index in [1.54, 1.807) is 11.9 Å². The Balaban J connectivity index is 2.62. The molecule has 0 saturated heterocycles. The molecule has 1 aromatic heterocycles. The Kier molecular flexibility index (Phi) is 2.54. The van der Waals surface area contributed by atoms with Gasteiger partial charge in [-0.2, -0.15) is 0 Å². The molecular weight excluding hydrogens is 228 g/mol. The molecule has 1 aliphatic rings. The molecule has 0 radical (unpaired) electrons. The lowest BCUT2D eigenvalue weighted by atomic mass is 10.1. The zero-order valence-corrected chi connectivity index (χ0v) is 10.3. The molecule has 0 aliphatic carbocycles. The van der Waals surface area contributed by atoms with Gasteiger partial charge in [0.1, 0.15) is 5.02 Å². The van der Waals surface area contributed by atoms with Crippen LogP contribution in [0.25, 0.3) is 0 Å². The molecule has 0 N–H and O–H groups in total. The van der Waals surface area contributed by atoms with Gasteiger partial charge in [-0.15, -0.1) is 0 Å². The van der Waals surface area contributed by atoms with Crippen molar-refractivity contribution in [1.29, 1.82) is 0 Å². The summed E-state index contributed by atoms with van der Waals surface area (Å²) in [5.74, 6) is 0.0131. The highest BCUT2D eigenvalue weighted by Crippen LogP contribution is 2.27. The van der Waals surface area contributed by atoms with Crippen LogP contribution in [0.5, 0.6) is 0 Å². The van der Waals surface area contributed by atoms with E-state index in [9.17, 15) is 9.59 Å². The van der Waals surface area contributed by atoms with Gasteiger partial charge in [0.25, 0.3) is 5.56 Å². The van der Waals surface area contributed by atoms with E-state index in [-0.39, 0.29) is 16.5 Å². The second-order valence-corrected chi connectivity index (χ2v) is 4.48. The van der Waals surface area contributed by atoms with Crippen LogP contribution in [0.15, 0.2) is 4.79 Å². The molecule has 2 heterocycles. The van der Waals surface area contributed by atoms with E-state index in [1.807, 2.05) is 6.92 Å². The summed E-state index contributed by atoms with van der Waals surface area (Å²) in [5.41, 5.74) is 2.50. The lowest BCUT2D eigenvalue weighted by Gasteiger charge is -2.11. The van der Waals surface area contributed by atoms with Gasteiger partial charge in [0.05, 0.1) is 6.54 Å². The fourth-order valence-electron chi connectivity index (χ4n) is 2.04. The molecule has 0 aromatic carbocycles. The van der Waals surface area contributed by atoms with Crippen LogP contribution in [-0.2, 0) is 24.9 Å². The fourth-order valence-corrected chi connectivity index (χ4v) is 2.28. The summed E-state index contributed by atoms with van der Waals surface area (Å²) in [7, 11) is 1.69. The summed E-state index contributed by atoms with van der Waals surface area (Å²) in [6.45, 7) is 4.39.